The zero-order chi connectivity index (χ0) is 12.8. The molecule has 1 aliphatic heterocycles. The molecular formula is C14H20N2O2. The Morgan fingerprint density at radius 2 is 1.89 bits per heavy atom. The SMILES string of the molecule is COc1ccnc(C(=O)N2CCCCCCC2)c1. The van der Waals surface area contributed by atoms with Gasteiger partial charge in [0.1, 0.15) is 11.4 Å². The number of hydrogen-bond donors (Lipinski definition) is 0. The van der Waals surface area contributed by atoms with Crippen LogP contribution >= 0.6 is 0 Å². The predicted molar refractivity (Wildman–Crippen MR) is 69.8 cm³/mol. The van der Waals surface area contributed by atoms with Crippen LogP contribution in [0.15, 0.2) is 18.3 Å². The fraction of sp³-hybridized carbons (Fsp3) is 0.571. The summed E-state index contributed by atoms with van der Waals surface area (Å²) in [6.07, 6.45) is 7.53. The third-order valence-corrected chi connectivity index (χ3v) is 3.33. The highest BCUT2D eigenvalue weighted by atomic mass is 16.5. The molecule has 4 nitrogen and oxygen atoms in total. The molecule has 2 rings (SSSR count). The number of rotatable bonds is 2. The minimum atomic E-state index is 0.0239. The highest BCUT2D eigenvalue weighted by Gasteiger charge is 2.18. The predicted octanol–water partition coefficient (Wildman–Crippen LogP) is 2.50. The Morgan fingerprint density at radius 1 is 1.22 bits per heavy atom. The Bertz CT molecular complexity index is 399. The molecule has 1 aliphatic rings. The van der Waals surface area contributed by atoms with Crippen molar-refractivity contribution >= 4 is 5.91 Å². The van der Waals surface area contributed by atoms with Gasteiger partial charge >= 0.3 is 0 Å². The second-order valence-corrected chi connectivity index (χ2v) is 4.64. The highest BCUT2D eigenvalue weighted by Crippen LogP contribution is 2.15. The first-order chi connectivity index (χ1) is 8.81. The lowest BCUT2D eigenvalue weighted by Gasteiger charge is -2.24. The lowest BCUT2D eigenvalue weighted by molar-refractivity contribution is 0.0736. The molecule has 98 valence electrons. The van der Waals surface area contributed by atoms with Gasteiger partial charge in [0, 0.05) is 25.4 Å². The van der Waals surface area contributed by atoms with E-state index in [9.17, 15) is 4.79 Å². The smallest absolute Gasteiger partial charge is 0.272 e. The van der Waals surface area contributed by atoms with E-state index in [1.165, 1.54) is 19.3 Å². The fourth-order valence-corrected chi connectivity index (χ4v) is 2.27. The van der Waals surface area contributed by atoms with Gasteiger partial charge in [-0.15, -0.1) is 0 Å². The molecule has 0 bridgehead atoms. The van der Waals surface area contributed by atoms with Crippen molar-refractivity contribution in [1.82, 2.24) is 9.88 Å². The Balaban J connectivity index is 2.08. The largest absolute Gasteiger partial charge is 0.497 e. The van der Waals surface area contributed by atoms with Crippen molar-refractivity contribution in [1.29, 1.82) is 0 Å². The van der Waals surface area contributed by atoms with Gasteiger partial charge < -0.3 is 9.64 Å². The molecule has 1 aromatic rings. The van der Waals surface area contributed by atoms with Crippen molar-refractivity contribution in [2.75, 3.05) is 20.2 Å². The number of carbonyl (C=O) groups excluding carboxylic acids is 1. The quantitative estimate of drug-likeness (QED) is 0.807. The molecule has 1 fully saturated rings. The molecule has 1 aromatic heterocycles. The van der Waals surface area contributed by atoms with Crippen LogP contribution in [-0.2, 0) is 0 Å². The van der Waals surface area contributed by atoms with Crippen LogP contribution in [0.4, 0.5) is 0 Å². The van der Waals surface area contributed by atoms with E-state index < -0.39 is 0 Å². The van der Waals surface area contributed by atoms with E-state index in [0.29, 0.717) is 11.4 Å². The summed E-state index contributed by atoms with van der Waals surface area (Å²) >= 11 is 0. The Hall–Kier alpha value is -1.58. The third kappa shape index (κ3) is 3.22. The van der Waals surface area contributed by atoms with Crippen molar-refractivity contribution in [3.05, 3.63) is 24.0 Å². The van der Waals surface area contributed by atoms with Crippen LogP contribution < -0.4 is 4.74 Å². The number of aromatic nitrogens is 1. The standard InChI is InChI=1S/C14H20N2O2/c1-18-12-7-8-15-13(11-12)14(17)16-9-5-3-2-4-6-10-16/h7-8,11H,2-6,9-10H2,1H3. The molecular weight excluding hydrogens is 228 g/mol. The number of ether oxygens (including phenoxy) is 1. The molecule has 0 N–H and O–H groups in total. The summed E-state index contributed by atoms with van der Waals surface area (Å²) in [6.45, 7) is 1.69. The number of hydrogen-bond acceptors (Lipinski definition) is 3. The van der Waals surface area contributed by atoms with E-state index in [0.717, 1.165) is 25.9 Å². The van der Waals surface area contributed by atoms with Crippen LogP contribution in [0, 0.1) is 0 Å². The Kier molecular flexibility index (Phi) is 4.56. The summed E-state index contributed by atoms with van der Waals surface area (Å²) in [5.74, 6) is 0.705. The Morgan fingerprint density at radius 3 is 2.56 bits per heavy atom. The number of carbonyl (C=O) groups is 1. The van der Waals surface area contributed by atoms with Gasteiger partial charge in [-0.2, -0.15) is 0 Å². The van der Waals surface area contributed by atoms with E-state index in [-0.39, 0.29) is 5.91 Å². The van der Waals surface area contributed by atoms with Crippen molar-refractivity contribution in [3.63, 3.8) is 0 Å². The first-order valence-corrected chi connectivity index (χ1v) is 6.60. The zero-order valence-corrected chi connectivity index (χ0v) is 10.9. The number of amides is 1. The topological polar surface area (TPSA) is 42.4 Å². The third-order valence-electron chi connectivity index (χ3n) is 3.33. The van der Waals surface area contributed by atoms with E-state index >= 15 is 0 Å². The average Bonchev–Trinajstić information content (AvgIpc) is 2.38. The molecule has 0 atom stereocenters. The first kappa shape index (κ1) is 12.9. The number of pyridine rings is 1. The monoisotopic (exact) mass is 248 g/mol. The second kappa shape index (κ2) is 6.38. The molecule has 2 heterocycles. The number of methoxy groups -OCH3 is 1. The van der Waals surface area contributed by atoms with Crippen molar-refractivity contribution < 1.29 is 9.53 Å². The van der Waals surface area contributed by atoms with E-state index in [4.69, 9.17) is 4.74 Å². The van der Waals surface area contributed by atoms with Gasteiger partial charge in [0.2, 0.25) is 0 Å². The molecule has 0 aromatic carbocycles. The molecule has 0 radical (unpaired) electrons. The molecule has 4 heteroatoms. The van der Waals surface area contributed by atoms with Gasteiger partial charge in [-0.3, -0.25) is 9.78 Å². The normalized spacial score (nSPS) is 16.8. The Labute approximate surface area is 108 Å². The summed E-state index contributed by atoms with van der Waals surface area (Å²) in [5, 5.41) is 0. The summed E-state index contributed by atoms with van der Waals surface area (Å²) in [5.41, 5.74) is 0.481. The van der Waals surface area contributed by atoms with E-state index in [2.05, 4.69) is 4.98 Å². The lowest BCUT2D eigenvalue weighted by atomic mass is 10.1. The summed E-state index contributed by atoms with van der Waals surface area (Å²) in [7, 11) is 1.60. The maximum Gasteiger partial charge on any atom is 0.272 e. The maximum absolute atomic E-state index is 12.3. The number of likely N-dealkylation sites (tertiary alicyclic amines) is 1. The van der Waals surface area contributed by atoms with Gasteiger partial charge in [0.15, 0.2) is 0 Å². The van der Waals surface area contributed by atoms with E-state index in [1.54, 1.807) is 25.4 Å². The molecule has 1 amide bonds. The van der Waals surface area contributed by atoms with Crippen LogP contribution in [0.3, 0.4) is 0 Å². The van der Waals surface area contributed by atoms with Crippen LogP contribution in [0.25, 0.3) is 0 Å². The van der Waals surface area contributed by atoms with Crippen molar-refractivity contribution in [2.45, 2.75) is 32.1 Å². The first-order valence-electron chi connectivity index (χ1n) is 6.60. The van der Waals surface area contributed by atoms with Crippen LogP contribution in [-0.4, -0.2) is 36.0 Å². The summed E-state index contributed by atoms with van der Waals surface area (Å²) < 4.78 is 5.13. The lowest BCUT2D eigenvalue weighted by Crippen LogP contribution is -2.34. The van der Waals surface area contributed by atoms with Gasteiger partial charge in [0.25, 0.3) is 5.91 Å². The van der Waals surface area contributed by atoms with Crippen LogP contribution in [0.1, 0.15) is 42.6 Å². The number of nitrogens with zero attached hydrogens (tertiary/aromatic N) is 2. The fourth-order valence-electron chi connectivity index (χ4n) is 2.27. The second-order valence-electron chi connectivity index (χ2n) is 4.64. The van der Waals surface area contributed by atoms with Crippen LogP contribution in [0.2, 0.25) is 0 Å². The molecule has 0 saturated carbocycles. The molecule has 0 unspecified atom stereocenters. The molecule has 18 heavy (non-hydrogen) atoms. The van der Waals surface area contributed by atoms with Gasteiger partial charge in [-0.1, -0.05) is 19.3 Å². The van der Waals surface area contributed by atoms with Crippen molar-refractivity contribution in [2.24, 2.45) is 0 Å². The molecule has 0 aliphatic carbocycles. The molecule has 1 saturated heterocycles. The maximum atomic E-state index is 12.3. The summed E-state index contributed by atoms with van der Waals surface area (Å²) in [4.78, 5) is 18.4. The minimum Gasteiger partial charge on any atom is -0.497 e. The van der Waals surface area contributed by atoms with Crippen molar-refractivity contribution in [3.8, 4) is 5.75 Å². The van der Waals surface area contributed by atoms with Gasteiger partial charge in [-0.25, -0.2) is 0 Å². The van der Waals surface area contributed by atoms with Crippen LogP contribution in [0.5, 0.6) is 5.75 Å². The summed E-state index contributed by atoms with van der Waals surface area (Å²) in [6, 6.07) is 3.46. The van der Waals surface area contributed by atoms with Gasteiger partial charge in [-0.05, 0) is 18.9 Å². The van der Waals surface area contributed by atoms with E-state index in [1.807, 2.05) is 4.90 Å². The zero-order valence-electron chi connectivity index (χ0n) is 10.9. The van der Waals surface area contributed by atoms with Gasteiger partial charge in [0.05, 0.1) is 7.11 Å². The molecule has 0 spiro atoms. The minimum absolute atomic E-state index is 0.0239. The average molecular weight is 248 g/mol. The highest BCUT2D eigenvalue weighted by molar-refractivity contribution is 5.92.